The number of hydrogen-bond acceptors (Lipinski definition) is 1. The van der Waals surface area contributed by atoms with Gasteiger partial charge in [-0.3, -0.25) is 0 Å². The van der Waals surface area contributed by atoms with E-state index in [1.165, 1.54) is 12.1 Å². The van der Waals surface area contributed by atoms with Gasteiger partial charge in [0.1, 0.15) is 11.6 Å². The molecule has 2 aromatic rings. The molecule has 0 spiro atoms. The fourth-order valence-electron chi connectivity index (χ4n) is 1.85. The Hall–Kier alpha value is -0.970. The second-order valence-corrected chi connectivity index (χ2v) is 5.32. The summed E-state index contributed by atoms with van der Waals surface area (Å²) in [6, 6.07) is 7.51. The van der Waals surface area contributed by atoms with Gasteiger partial charge in [-0.15, -0.1) is 0 Å². The summed E-state index contributed by atoms with van der Waals surface area (Å²) in [5.41, 5.74) is 1.20. The Balaban J connectivity index is 2.59. The van der Waals surface area contributed by atoms with Crippen molar-refractivity contribution in [1.29, 1.82) is 0 Å². The van der Waals surface area contributed by atoms with Gasteiger partial charge in [0, 0.05) is 11.6 Å². The molecule has 0 aliphatic carbocycles. The molecule has 1 nitrogen and oxygen atoms in total. The molecule has 0 amide bonds. The molecule has 0 radical (unpaired) electrons. The zero-order valence-electron chi connectivity index (χ0n) is 10.1. The van der Waals surface area contributed by atoms with Crippen molar-refractivity contribution in [2.24, 2.45) is 0 Å². The minimum Gasteiger partial charge on any atom is -0.316 e. The minimum absolute atomic E-state index is 0.0524. The summed E-state index contributed by atoms with van der Waals surface area (Å²) in [6.07, 6.45) is 0. The maximum atomic E-state index is 14.0. The Bertz CT molecular complexity index is 617. The first-order chi connectivity index (χ1) is 9.04. The van der Waals surface area contributed by atoms with Crippen LogP contribution in [-0.4, -0.2) is 7.05 Å². The Morgan fingerprint density at radius 3 is 2.63 bits per heavy atom. The third kappa shape index (κ3) is 2.96. The van der Waals surface area contributed by atoms with E-state index in [0.29, 0.717) is 17.1 Å². The van der Waals surface area contributed by atoms with Crippen LogP contribution in [0.4, 0.5) is 8.78 Å². The molecule has 19 heavy (non-hydrogen) atoms. The highest BCUT2D eigenvalue weighted by Gasteiger charge is 2.15. The quantitative estimate of drug-likeness (QED) is 0.790. The summed E-state index contributed by atoms with van der Waals surface area (Å²) in [5, 5.41) is 3.53. The predicted molar refractivity (Wildman–Crippen MR) is 77.3 cm³/mol. The van der Waals surface area contributed by atoms with Crippen molar-refractivity contribution in [2.45, 2.75) is 6.54 Å². The number of benzene rings is 2. The van der Waals surface area contributed by atoms with Gasteiger partial charge in [0.2, 0.25) is 0 Å². The van der Waals surface area contributed by atoms with E-state index in [2.05, 4.69) is 21.2 Å². The molecule has 0 aromatic heterocycles. The minimum atomic E-state index is -0.613. The molecule has 0 atom stereocenters. The van der Waals surface area contributed by atoms with Gasteiger partial charge in [0.25, 0.3) is 0 Å². The fourth-order valence-corrected chi connectivity index (χ4v) is 2.36. The molecule has 0 fully saturated rings. The molecular formula is C14H11BrClF2N. The van der Waals surface area contributed by atoms with Crippen LogP contribution >= 0.6 is 27.5 Å². The lowest BCUT2D eigenvalue weighted by molar-refractivity contribution is 0.585. The van der Waals surface area contributed by atoms with E-state index >= 15 is 0 Å². The molecule has 2 rings (SSSR count). The number of nitrogens with one attached hydrogen (secondary N) is 1. The second kappa shape index (κ2) is 5.99. The molecule has 2 aromatic carbocycles. The lowest BCUT2D eigenvalue weighted by atomic mass is 10.0. The maximum absolute atomic E-state index is 14.0. The third-order valence-electron chi connectivity index (χ3n) is 2.75. The summed E-state index contributed by atoms with van der Waals surface area (Å²) in [6.45, 7) is 0.532. The van der Waals surface area contributed by atoms with Gasteiger partial charge in [-0.05, 0) is 58.4 Å². The molecule has 0 saturated heterocycles. The third-order valence-corrected chi connectivity index (χ3v) is 3.73. The smallest absolute Gasteiger partial charge is 0.148 e. The summed E-state index contributed by atoms with van der Waals surface area (Å²) in [4.78, 5) is 0. The Morgan fingerprint density at radius 2 is 1.95 bits per heavy atom. The average Bonchev–Trinajstić information content (AvgIpc) is 2.38. The molecule has 0 heterocycles. The van der Waals surface area contributed by atoms with Crippen molar-refractivity contribution in [3.8, 4) is 11.1 Å². The highest BCUT2D eigenvalue weighted by molar-refractivity contribution is 9.10. The molecule has 0 aliphatic rings. The van der Waals surface area contributed by atoms with E-state index in [0.717, 1.165) is 5.56 Å². The molecule has 0 aliphatic heterocycles. The number of halogens is 4. The summed E-state index contributed by atoms with van der Waals surface area (Å²) < 4.78 is 28.1. The summed E-state index contributed by atoms with van der Waals surface area (Å²) in [5.74, 6) is -1.21. The van der Waals surface area contributed by atoms with Crippen LogP contribution in [-0.2, 0) is 6.54 Å². The molecule has 1 N–H and O–H groups in total. The first-order valence-electron chi connectivity index (χ1n) is 5.61. The van der Waals surface area contributed by atoms with Gasteiger partial charge in [-0.2, -0.15) is 0 Å². The van der Waals surface area contributed by atoms with Crippen LogP contribution in [0.2, 0.25) is 5.02 Å². The summed E-state index contributed by atoms with van der Waals surface area (Å²) in [7, 11) is 1.78. The van der Waals surface area contributed by atoms with Crippen molar-refractivity contribution in [1.82, 2.24) is 5.32 Å². The van der Waals surface area contributed by atoms with Gasteiger partial charge in [-0.25, -0.2) is 8.78 Å². The largest absolute Gasteiger partial charge is 0.316 e. The highest BCUT2D eigenvalue weighted by Crippen LogP contribution is 2.32. The van der Waals surface area contributed by atoms with Crippen LogP contribution in [0.5, 0.6) is 0 Å². The van der Waals surface area contributed by atoms with Crippen LogP contribution in [0.3, 0.4) is 0 Å². The van der Waals surface area contributed by atoms with Crippen LogP contribution in [0.1, 0.15) is 5.56 Å². The maximum Gasteiger partial charge on any atom is 0.148 e. The van der Waals surface area contributed by atoms with Crippen LogP contribution in [0, 0.1) is 11.6 Å². The molecule has 5 heteroatoms. The fraction of sp³-hybridized carbons (Fsp3) is 0.143. The van der Waals surface area contributed by atoms with E-state index in [9.17, 15) is 8.78 Å². The van der Waals surface area contributed by atoms with E-state index in [-0.39, 0.29) is 10.0 Å². The zero-order valence-corrected chi connectivity index (χ0v) is 12.4. The zero-order chi connectivity index (χ0) is 14.0. The van der Waals surface area contributed by atoms with E-state index in [4.69, 9.17) is 11.6 Å². The van der Waals surface area contributed by atoms with Gasteiger partial charge in [0.15, 0.2) is 0 Å². The monoisotopic (exact) mass is 345 g/mol. The SMILES string of the molecule is CNCc1cc(-c2c(F)ccc(Br)c2F)ccc1Cl. The normalized spacial score (nSPS) is 10.8. The standard InChI is InChI=1S/C14H11BrClF2N/c1-19-7-9-6-8(2-4-11(9)16)13-12(17)5-3-10(15)14(13)18/h2-6,19H,7H2,1H3. The van der Waals surface area contributed by atoms with Gasteiger partial charge < -0.3 is 5.32 Å². The van der Waals surface area contributed by atoms with Crippen LogP contribution in [0.15, 0.2) is 34.8 Å². The van der Waals surface area contributed by atoms with Gasteiger partial charge in [-0.1, -0.05) is 17.7 Å². The second-order valence-electron chi connectivity index (χ2n) is 4.05. The lowest BCUT2D eigenvalue weighted by Gasteiger charge is -2.10. The van der Waals surface area contributed by atoms with Crippen molar-refractivity contribution < 1.29 is 8.78 Å². The Morgan fingerprint density at radius 1 is 1.21 bits per heavy atom. The number of rotatable bonds is 3. The first kappa shape index (κ1) is 14.4. The van der Waals surface area contributed by atoms with Crippen LogP contribution in [0.25, 0.3) is 11.1 Å². The lowest BCUT2D eigenvalue weighted by Crippen LogP contribution is -2.05. The van der Waals surface area contributed by atoms with Crippen molar-refractivity contribution in [2.75, 3.05) is 7.05 Å². The van der Waals surface area contributed by atoms with Gasteiger partial charge >= 0.3 is 0 Å². The molecule has 0 bridgehead atoms. The van der Waals surface area contributed by atoms with E-state index < -0.39 is 11.6 Å². The van der Waals surface area contributed by atoms with Gasteiger partial charge in [0.05, 0.1) is 10.0 Å². The Labute approximate surface area is 123 Å². The average molecular weight is 347 g/mol. The molecular weight excluding hydrogens is 336 g/mol. The topological polar surface area (TPSA) is 12.0 Å². The van der Waals surface area contributed by atoms with Crippen molar-refractivity contribution in [3.63, 3.8) is 0 Å². The van der Waals surface area contributed by atoms with Crippen molar-refractivity contribution in [3.05, 3.63) is 57.0 Å². The highest BCUT2D eigenvalue weighted by atomic mass is 79.9. The van der Waals surface area contributed by atoms with E-state index in [1.807, 2.05) is 0 Å². The molecule has 0 unspecified atom stereocenters. The predicted octanol–water partition coefficient (Wildman–Crippen LogP) is 4.77. The number of hydrogen-bond donors (Lipinski definition) is 1. The van der Waals surface area contributed by atoms with Crippen molar-refractivity contribution >= 4 is 27.5 Å². The summed E-state index contributed by atoms with van der Waals surface area (Å²) >= 11 is 9.10. The molecule has 100 valence electrons. The molecule has 0 saturated carbocycles. The Kier molecular flexibility index (Phi) is 4.55. The van der Waals surface area contributed by atoms with E-state index in [1.54, 1.807) is 25.2 Å². The van der Waals surface area contributed by atoms with Crippen LogP contribution < -0.4 is 5.32 Å². The first-order valence-corrected chi connectivity index (χ1v) is 6.78.